The second-order valence-electron chi connectivity index (χ2n) is 7.74. The highest BCUT2D eigenvalue weighted by Gasteiger charge is 2.51. The molecule has 3 fully saturated rings. The number of carbonyl (C=O) groups excluding carboxylic acids is 1. The molecule has 1 aromatic rings. The second-order valence-corrected chi connectivity index (χ2v) is 9.11. The molecule has 0 N–H and O–H groups in total. The first-order valence-electron chi connectivity index (χ1n) is 9.30. The summed E-state index contributed by atoms with van der Waals surface area (Å²) < 4.78 is 5.63. The molecule has 0 aromatic carbocycles. The molecule has 4 nitrogen and oxygen atoms in total. The molecule has 3 aliphatic rings. The number of rotatable bonds is 3. The summed E-state index contributed by atoms with van der Waals surface area (Å²) in [5, 5.41) is 0. The third-order valence-corrected chi connectivity index (χ3v) is 7.08. The maximum atomic E-state index is 13.2. The van der Waals surface area contributed by atoms with Crippen LogP contribution in [0.25, 0.3) is 0 Å². The zero-order valence-electron chi connectivity index (χ0n) is 14.6. The molecule has 4 heterocycles. The predicted octanol–water partition coefficient (Wildman–Crippen LogP) is 2.91. The number of likely N-dealkylation sites (tertiary alicyclic amines) is 2. The SMILES string of the molecule is Cc1ccc(CN2C[C@H](C(=O)N3CCCC3)C3(CCOCC3)C2)s1. The summed E-state index contributed by atoms with van der Waals surface area (Å²) in [5.41, 5.74) is 0.143. The van der Waals surface area contributed by atoms with Crippen LogP contribution < -0.4 is 0 Å². The zero-order valence-corrected chi connectivity index (χ0v) is 15.4. The van der Waals surface area contributed by atoms with Crippen LogP contribution in [-0.2, 0) is 16.1 Å². The van der Waals surface area contributed by atoms with Crippen LogP contribution in [0.3, 0.4) is 0 Å². The Morgan fingerprint density at radius 2 is 2.04 bits per heavy atom. The van der Waals surface area contributed by atoms with E-state index in [1.165, 1.54) is 22.6 Å². The molecule has 132 valence electrons. The van der Waals surface area contributed by atoms with Crippen molar-refractivity contribution in [3.05, 3.63) is 21.9 Å². The standard InChI is InChI=1S/C19H28N2O2S/c1-15-4-5-16(24-15)12-20-13-17(18(22)21-8-2-3-9-21)19(14-20)6-10-23-11-7-19/h4-5,17H,2-3,6-14H2,1H3/t17-/m1/s1. The van der Waals surface area contributed by atoms with Gasteiger partial charge in [-0.3, -0.25) is 9.69 Å². The highest BCUT2D eigenvalue weighted by Crippen LogP contribution is 2.46. The number of ether oxygens (including phenoxy) is 1. The molecular formula is C19H28N2O2S. The number of aryl methyl sites for hydroxylation is 1. The minimum Gasteiger partial charge on any atom is -0.381 e. The first-order valence-corrected chi connectivity index (χ1v) is 10.1. The fraction of sp³-hybridized carbons (Fsp3) is 0.737. The van der Waals surface area contributed by atoms with Crippen LogP contribution in [0.15, 0.2) is 12.1 Å². The maximum Gasteiger partial charge on any atom is 0.227 e. The van der Waals surface area contributed by atoms with Gasteiger partial charge in [-0.15, -0.1) is 11.3 Å². The van der Waals surface area contributed by atoms with Gasteiger partial charge in [-0.05, 0) is 44.7 Å². The second kappa shape index (κ2) is 6.77. The van der Waals surface area contributed by atoms with Crippen molar-refractivity contribution in [2.75, 3.05) is 39.4 Å². The van der Waals surface area contributed by atoms with Gasteiger partial charge in [-0.2, -0.15) is 0 Å². The van der Waals surface area contributed by atoms with E-state index in [0.717, 1.165) is 58.8 Å². The van der Waals surface area contributed by atoms with Gasteiger partial charge in [0.1, 0.15) is 0 Å². The quantitative estimate of drug-likeness (QED) is 0.842. The van der Waals surface area contributed by atoms with Gasteiger partial charge in [0.2, 0.25) is 5.91 Å². The molecule has 3 saturated heterocycles. The number of hydrogen-bond acceptors (Lipinski definition) is 4. The van der Waals surface area contributed by atoms with Crippen LogP contribution in [0.2, 0.25) is 0 Å². The van der Waals surface area contributed by atoms with E-state index < -0.39 is 0 Å². The lowest BCUT2D eigenvalue weighted by Gasteiger charge is -2.38. The third-order valence-electron chi connectivity index (χ3n) is 6.10. The molecule has 0 radical (unpaired) electrons. The summed E-state index contributed by atoms with van der Waals surface area (Å²) >= 11 is 1.88. The summed E-state index contributed by atoms with van der Waals surface area (Å²) in [6.07, 6.45) is 4.42. The highest BCUT2D eigenvalue weighted by atomic mass is 32.1. The molecule has 24 heavy (non-hydrogen) atoms. The van der Waals surface area contributed by atoms with Crippen molar-refractivity contribution in [3.63, 3.8) is 0 Å². The zero-order chi connectivity index (χ0) is 16.6. The van der Waals surface area contributed by atoms with Crippen molar-refractivity contribution >= 4 is 17.2 Å². The van der Waals surface area contributed by atoms with Crippen LogP contribution in [0, 0.1) is 18.3 Å². The average molecular weight is 349 g/mol. The number of hydrogen-bond donors (Lipinski definition) is 0. The first kappa shape index (κ1) is 16.6. The first-order chi connectivity index (χ1) is 11.7. The summed E-state index contributed by atoms with van der Waals surface area (Å²) in [4.78, 5) is 20.6. The lowest BCUT2D eigenvalue weighted by atomic mass is 9.71. The Bertz CT molecular complexity index is 588. The molecule has 0 aliphatic carbocycles. The lowest BCUT2D eigenvalue weighted by molar-refractivity contribution is -0.139. The van der Waals surface area contributed by atoms with E-state index >= 15 is 0 Å². The van der Waals surface area contributed by atoms with E-state index in [1.54, 1.807) is 0 Å². The smallest absolute Gasteiger partial charge is 0.227 e. The largest absolute Gasteiger partial charge is 0.381 e. The molecule has 5 heteroatoms. The van der Waals surface area contributed by atoms with Crippen LogP contribution in [-0.4, -0.2) is 55.1 Å². The number of nitrogens with zero attached hydrogens (tertiary/aromatic N) is 2. The molecule has 0 bridgehead atoms. The van der Waals surface area contributed by atoms with Gasteiger partial charge in [0, 0.05) is 61.1 Å². The molecule has 0 saturated carbocycles. The topological polar surface area (TPSA) is 32.8 Å². The normalized spacial score (nSPS) is 27.2. The van der Waals surface area contributed by atoms with Gasteiger partial charge >= 0.3 is 0 Å². The van der Waals surface area contributed by atoms with Crippen LogP contribution >= 0.6 is 11.3 Å². The van der Waals surface area contributed by atoms with Crippen molar-refractivity contribution in [1.82, 2.24) is 9.80 Å². The molecule has 3 aliphatic heterocycles. The Morgan fingerprint density at radius 3 is 2.71 bits per heavy atom. The average Bonchev–Trinajstić information content (AvgIpc) is 3.30. The maximum absolute atomic E-state index is 13.2. The molecular weight excluding hydrogens is 320 g/mol. The molecule has 1 atom stereocenters. The van der Waals surface area contributed by atoms with E-state index in [0.29, 0.717) is 5.91 Å². The van der Waals surface area contributed by atoms with Crippen LogP contribution in [0.5, 0.6) is 0 Å². The van der Waals surface area contributed by atoms with Gasteiger partial charge in [0.05, 0.1) is 5.92 Å². The summed E-state index contributed by atoms with van der Waals surface area (Å²) in [7, 11) is 0. The predicted molar refractivity (Wildman–Crippen MR) is 96.1 cm³/mol. The van der Waals surface area contributed by atoms with Gasteiger partial charge in [0.25, 0.3) is 0 Å². The molecule has 4 rings (SSSR count). The Kier molecular flexibility index (Phi) is 4.67. The Morgan fingerprint density at radius 1 is 1.29 bits per heavy atom. The Labute approximate surface area is 148 Å². The van der Waals surface area contributed by atoms with Gasteiger partial charge in [0.15, 0.2) is 0 Å². The molecule has 1 spiro atoms. The minimum absolute atomic E-state index is 0.143. The summed E-state index contributed by atoms with van der Waals surface area (Å²) in [6, 6.07) is 4.44. The number of amides is 1. The Balaban J connectivity index is 1.52. The van der Waals surface area contributed by atoms with E-state index in [4.69, 9.17) is 4.74 Å². The van der Waals surface area contributed by atoms with Crippen molar-refractivity contribution in [1.29, 1.82) is 0 Å². The Hall–Kier alpha value is -0.910. The summed E-state index contributed by atoms with van der Waals surface area (Å²) in [5.74, 6) is 0.583. The fourth-order valence-electron chi connectivity index (χ4n) is 4.77. The van der Waals surface area contributed by atoms with Crippen LogP contribution in [0.4, 0.5) is 0 Å². The fourth-order valence-corrected chi connectivity index (χ4v) is 5.70. The highest BCUT2D eigenvalue weighted by molar-refractivity contribution is 7.11. The van der Waals surface area contributed by atoms with Gasteiger partial charge in [-0.25, -0.2) is 0 Å². The molecule has 0 unspecified atom stereocenters. The van der Waals surface area contributed by atoms with E-state index in [2.05, 4.69) is 28.9 Å². The minimum atomic E-state index is 0.143. The van der Waals surface area contributed by atoms with Crippen LogP contribution in [0.1, 0.15) is 35.4 Å². The van der Waals surface area contributed by atoms with Gasteiger partial charge < -0.3 is 9.64 Å². The van der Waals surface area contributed by atoms with Crippen molar-refractivity contribution in [3.8, 4) is 0 Å². The van der Waals surface area contributed by atoms with E-state index in [-0.39, 0.29) is 11.3 Å². The molecule has 1 aromatic heterocycles. The van der Waals surface area contributed by atoms with Gasteiger partial charge in [-0.1, -0.05) is 0 Å². The summed E-state index contributed by atoms with van der Waals surface area (Å²) in [6.45, 7) is 8.69. The molecule has 1 amide bonds. The monoisotopic (exact) mass is 348 g/mol. The van der Waals surface area contributed by atoms with Crippen molar-refractivity contribution in [2.45, 2.75) is 39.2 Å². The third kappa shape index (κ3) is 3.14. The number of carbonyl (C=O) groups is 1. The van der Waals surface area contributed by atoms with Crippen molar-refractivity contribution in [2.24, 2.45) is 11.3 Å². The van der Waals surface area contributed by atoms with E-state index in [9.17, 15) is 4.79 Å². The van der Waals surface area contributed by atoms with E-state index in [1.807, 2.05) is 11.3 Å². The van der Waals surface area contributed by atoms with Crippen molar-refractivity contribution < 1.29 is 9.53 Å². The lowest BCUT2D eigenvalue weighted by Crippen LogP contribution is -2.45. The number of thiophene rings is 1.